The highest BCUT2D eigenvalue weighted by molar-refractivity contribution is 6.28. The number of nitrogens with zero attached hydrogens (tertiary/aromatic N) is 4. The van der Waals surface area contributed by atoms with Crippen LogP contribution < -0.4 is 10.2 Å². The summed E-state index contributed by atoms with van der Waals surface area (Å²) < 4.78 is 0. The zero-order valence-electron chi connectivity index (χ0n) is 12.9. The van der Waals surface area contributed by atoms with Crippen LogP contribution in [0.15, 0.2) is 0 Å². The number of hydrogen-bond acceptors (Lipinski definition) is 5. The topological polar surface area (TPSA) is 53.9 Å². The highest BCUT2D eigenvalue weighted by atomic mass is 35.5. The Balaban J connectivity index is 1.72. The van der Waals surface area contributed by atoms with Crippen molar-refractivity contribution in [2.45, 2.75) is 58.4 Å². The number of anilines is 2. The Labute approximate surface area is 131 Å². The van der Waals surface area contributed by atoms with E-state index in [-0.39, 0.29) is 5.28 Å². The van der Waals surface area contributed by atoms with Gasteiger partial charge in [-0.3, -0.25) is 0 Å². The van der Waals surface area contributed by atoms with E-state index in [2.05, 4.69) is 39.0 Å². The Morgan fingerprint density at radius 2 is 1.90 bits per heavy atom. The lowest BCUT2D eigenvalue weighted by Crippen LogP contribution is -2.32. The maximum Gasteiger partial charge on any atom is 0.231 e. The summed E-state index contributed by atoms with van der Waals surface area (Å²) >= 11 is 6.07. The van der Waals surface area contributed by atoms with E-state index < -0.39 is 0 Å². The molecule has 1 saturated heterocycles. The van der Waals surface area contributed by atoms with Gasteiger partial charge in [0.1, 0.15) is 0 Å². The van der Waals surface area contributed by atoms with E-state index >= 15 is 0 Å². The van der Waals surface area contributed by atoms with Crippen LogP contribution in [0.2, 0.25) is 5.28 Å². The first-order valence-electron chi connectivity index (χ1n) is 7.95. The van der Waals surface area contributed by atoms with Gasteiger partial charge in [0.05, 0.1) is 0 Å². The molecule has 1 atom stereocenters. The molecule has 1 aromatic rings. The van der Waals surface area contributed by atoms with Crippen molar-refractivity contribution in [3.8, 4) is 0 Å². The fourth-order valence-corrected chi connectivity index (χ4v) is 3.62. The third-order valence-electron chi connectivity index (χ3n) is 4.52. The lowest BCUT2D eigenvalue weighted by molar-refractivity contribution is 0.229. The number of rotatable bonds is 3. The fraction of sp³-hybridized carbons (Fsp3) is 0.800. The lowest BCUT2D eigenvalue weighted by atomic mass is 9.75. The van der Waals surface area contributed by atoms with Gasteiger partial charge in [-0.2, -0.15) is 15.0 Å². The molecule has 0 amide bonds. The van der Waals surface area contributed by atoms with Crippen LogP contribution in [0.25, 0.3) is 0 Å². The molecule has 2 fully saturated rings. The van der Waals surface area contributed by atoms with Crippen molar-refractivity contribution in [1.82, 2.24) is 15.0 Å². The van der Waals surface area contributed by atoms with Crippen LogP contribution >= 0.6 is 11.6 Å². The molecule has 6 heteroatoms. The van der Waals surface area contributed by atoms with E-state index in [0.29, 0.717) is 23.4 Å². The summed E-state index contributed by atoms with van der Waals surface area (Å²) in [6.45, 7) is 6.68. The average molecular weight is 310 g/mol. The van der Waals surface area contributed by atoms with Gasteiger partial charge in [0.2, 0.25) is 17.2 Å². The van der Waals surface area contributed by atoms with E-state index in [1.807, 2.05) is 0 Å². The van der Waals surface area contributed by atoms with Crippen molar-refractivity contribution in [2.75, 3.05) is 23.3 Å². The molecule has 0 bridgehead atoms. The lowest BCUT2D eigenvalue weighted by Gasteiger charge is -2.35. The first-order valence-corrected chi connectivity index (χ1v) is 8.33. The van der Waals surface area contributed by atoms with Gasteiger partial charge in [-0.15, -0.1) is 0 Å². The molecule has 0 aromatic carbocycles. The van der Waals surface area contributed by atoms with E-state index in [0.717, 1.165) is 19.5 Å². The van der Waals surface area contributed by atoms with E-state index in [9.17, 15) is 0 Å². The largest absolute Gasteiger partial charge is 0.351 e. The Kier molecular flexibility index (Phi) is 4.20. The van der Waals surface area contributed by atoms with Crippen molar-refractivity contribution in [3.05, 3.63) is 5.28 Å². The van der Waals surface area contributed by atoms with Gasteiger partial charge in [0, 0.05) is 19.1 Å². The van der Waals surface area contributed by atoms with Crippen molar-refractivity contribution < 1.29 is 0 Å². The molecule has 116 valence electrons. The second-order valence-electron chi connectivity index (χ2n) is 7.02. The molecule has 1 saturated carbocycles. The highest BCUT2D eigenvalue weighted by Crippen LogP contribution is 2.36. The minimum atomic E-state index is 0.282. The molecule has 5 nitrogen and oxygen atoms in total. The van der Waals surface area contributed by atoms with Crippen molar-refractivity contribution in [1.29, 1.82) is 0 Å². The first-order chi connectivity index (χ1) is 10.0. The summed E-state index contributed by atoms with van der Waals surface area (Å²) in [6, 6.07) is 0.429. The summed E-state index contributed by atoms with van der Waals surface area (Å²) in [7, 11) is 0. The maximum absolute atomic E-state index is 6.07. The molecule has 2 aliphatic rings. The monoisotopic (exact) mass is 309 g/mol. The average Bonchev–Trinajstić information content (AvgIpc) is 2.90. The molecule has 1 N–H and O–H groups in total. The number of aromatic nitrogens is 3. The van der Waals surface area contributed by atoms with Crippen molar-refractivity contribution in [2.24, 2.45) is 5.41 Å². The first kappa shape index (κ1) is 14.8. The maximum atomic E-state index is 6.07. The van der Waals surface area contributed by atoms with Crippen molar-refractivity contribution >= 4 is 23.5 Å². The summed E-state index contributed by atoms with van der Waals surface area (Å²) in [4.78, 5) is 15.3. The number of nitrogens with one attached hydrogen (secondary N) is 1. The summed E-state index contributed by atoms with van der Waals surface area (Å²) in [5.41, 5.74) is 0.393. The zero-order valence-corrected chi connectivity index (χ0v) is 13.7. The van der Waals surface area contributed by atoms with E-state index in [1.54, 1.807) is 0 Å². The Hall–Kier alpha value is -1.10. The molecular weight excluding hydrogens is 286 g/mol. The highest BCUT2D eigenvalue weighted by Gasteiger charge is 2.28. The van der Waals surface area contributed by atoms with Gasteiger partial charge in [0.15, 0.2) is 0 Å². The quantitative estimate of drug-likeness (QED) is 0.926. The molecule has 21 heavy (non-hydrogen) atoms. The molecule has 1 unspecified atom stereocenters. The molecule has 0 spiro atoms. The summed E-state index contributed by atoms with van der Waals surface area (Å²) in [6.07, 6.45) is 7.26. The predicted molar refractivity (Wildman–Crippen MR) is 85.9 cm³/mol. The van der Waals surface area contributed by atoms with Crippen LogP contribution in [0.4, 0.5) is 11.9 Å². The summed E-state index contributed by atoms with van der Waals surface area (Å²) in [5.74, 6) is 1.34. The minimum absolute atomic E-state index is 0.282. The van der Waals surface area contributed by atoms with E-state index in [4.69, 9.17) is 11.6 Å². The number of hydrogen-bond donors (Lipinski definition) is 1. The molecular formula is C15H24ClN5. The fourth-order valence-electron chi connectivity index (χ4n) is 3.47. The SMILES string of the molecule is CC1(C)CCCC(Nc2nc(Cl)nc(N3CCCC3)n2)C1. The van der Waals surface area contributed by atoms with Gasteiger partial charge < -0.3 is 10.2 Å². The Morgan fingerprint density at radius 3 is 2.62 bits per heavy atom. The summed E-state index contributed by atoms with van der Waals surface area (Å²) in [5, 5.41) is 3.75. The molecule has 1 aliphatic heterocycles. The standard InChI is InChI=1S/C15H24ClN5/c1-15(2)7-5-6-11(10-15)17-13-18-12(16)19-14(20-13)21-8-3-4-9-21/h11H,3-10H2,1-2H3,(H,17,18,19,20). The van der Waals surface area contributed by atoms with E-state index in [1.165, 1.54) is 32.1 Å². The second-order valence-corrected chi connectivity index (χ2v) is 7.36. The van der Waals surface area contributed by atoms with Crippen LogP contribution in [-0.2, 0) is 0 Å². The predicted octanol–water partition coefficient (Wildman–Crippen LogP) is 3.51. The van der Waals surface area contributed by atoms with Crippen LogP contribution in [0.3, 0.4) is 0 Å². The Bertz CT molecular complexity index is 499. The molecule has 3 rings (SSSR count). The van der Waals surface area contributed by atoms with Gasteiger partial charge in [-0.25, -0.2) is 0 Å². The minimum Gasteiger partial charge on any atom is -0.351 e. The molecule has 1 aliphatic carbocycles. The van der Waals surface area contributed by atoms with Crippen molar-refractivity contribution in [3.63, 3.8) is 0 Å². The molecule has 2 heterocycles. The van der Waals surface area contributed by atoms with Gasteiger partial charge in [-0.05, 0) is 49.1 Å². The molecule has 0 radical (unpaired) electrons. The second kappa shape index (κ2) is 5.95. The normalized spacial score (nSPS) is 25.1. The third kappa shape index (κ3) is 3.76. The van der Waals surface area contributed by atoms with Gasteiger partial charge in [-0.1, -0.05) is 20.3 Å². The van der Waals surface area contributed by atoms with Crippen LogP contribution in [0.5, 0.6) is 0 Å². The molecule has 1 aromatic heterocycles. The third-order valence-corrected chi connectivity index (χ3v) is 4.69. The van der Waals surface area contributed by atoms with Crippen LogP contribution in [0.1, 0.15) is 52.4 Å². The Morgan fingerprint density at radius 1 is 1.14 bits per heavy atom. The van der Waals surface area contributed by atoms with Crippen LogP contribution in [-0.4, -0.2) is 34.1 Å². The number of halogens is 1. The van der Waals surface area contributed by atoms with Gasteiger partial charge in [0.25, 0.3) is 0 Å². The van der Waals surface area contributed by atoms with Gasteiger partial charge >= 0.3 is 0 Å². The smallest absolute Gasteiger partial charge is 0.231 e. The van der Waals surface area contributed by atoms with Crippen LogP contribution in [0, 0.1) is 5.41 Å². The zero-order chi connectivity index (χ0) is 14.9.